The molecule has 0 fully saturated rings. The number of halogens is 2. The largest absolute Gasteiger partial charge is 0.478 e. The minimum absolute atomic E-state index is 0.0640. The number of aryl methyl sites for hydroxylation is 2. The third-order valence-electron chi connectivity index (χ3n) is 4.31. The fourth-order valence-electron chi connectivity index (χ4n) is 2.98. The van der Waals surface area contributed by atoms with E-state index in [4.69, 9.17) is 33.4 Å². The number of aromatic nitrogens is 2. The molecule has 2 N–H and O–H groups in total. The number of carboxylic acid groups (broad SMARTS) is 2. The van der Waals surface area contributed by atoms with Gasteiger partial charge in [0.05, 0.1) is 21.1 Å². The molecule has 6 nitrogen and oxygen atoms in total. The van der Waals surface area contributed by atoms with Crippen LogP contribution in [0.15, 0.2) is 48.8 Å². The SMILES string of the molecule is Cc1cnc2c(C(=O)O)c(Cl)ccc2c1.Cc1cnc2c(C(=O)O)c(Cl)ccc2c1. The lowest BCUT2D eigenvalue weighted by Gasteiger charge is -2.04. The van der Waals surface area contributed by atoms with Crippen molar-refractivity contribution in [2.24, 2.45) is 0 Å². The van der Waals surface area contributed by atoms with E-state index in [1.807, 2.05) is 26.0 Å². The number of hydrogen-bond acceptors (Lipinski definition) is 4. The summed E-state index contributed by atoms with van der Waals surface area (Å²) in [5.74, 6) is -2.11. The van der Waals surface area contributed by atoms with Crippen molar-refractivity contribution in [3.05, 3.63) is 81.1 Å². The van der Waals surface area contributed by atoms with Crippen LogP contribution in [-0.4, -0.2) is 32.1 Å². The van der Waals surface area contributed by atoms with Crippen molar-refractivity contribution < 1.29 is 19.8 Å². The third kappa shape index (κ3) is 4.35. The number of benzene rings is 2. The molecule has 152 valence electrons. The molecule has 0 radical (unpaired) electrons. The molecular formula is C22H16Cl2N2O4. The molecule has 0 spiro atoms. The first kappa shape index (κ1) is 21.5. The highest BCUT2D eigenvalue weighted by Gasteiger charge is 2.15. The van der Waals surface area contributed by atoms with Crippen molar-refractivity contribution in [1.29, 1.82) is 0 Å². The smallest absolute Gasteiger partial charge is 0.339 e. The predicted octanol–water partition coefficient (Wildman–Crippen LogP) is 5.79. The lowest BCUT2D eigenvalue weighted by molar-refractivity contribution is 0.0688. The number of carboxylic acids is 2. The molecule has 0 aliphatic carbocycles. The topological polar surface area (TPSA) is 100 Å². The Hall–Kier alpha value is -3.22. The fourth-order valence-corrected chi connectivity index (χ4v) is 3.45. The van der Waals surface area contributed by atoms with E-state index < -0.39 is 11.9 Å². The van der Waals surface area contributed by atoms with Crippen LogP contribution < -0.4 is 0 Å². The first-order valence-corrected chi connectivity index (χ1v) is 9.51. The third-order valence-corrected chi connectivity index (χ3v) is 4.94. The van der Waals surface area contributed by atoms with Gasteiger partial charge in [-0.3, -0.25) is 9.97 Å². The number of hydrogen-bond donors (Lipinski definition) is 2. The van der Waals surface area contributed by atoms with Crippen molar-refractivity contribution >= 4 is 56.9 Å². The number of pyridine rings is 2. The maximum Gasteiger partial charge on any atom is 0.339 e. The summed E-state index contributed by atoms with van der Waals surface area (Å²) in [4.78, 5) is 30.2. The van der Waals surface area contributed by atoms with Gasteiger partial charge >= 0.3 is 11.9 Å². The second kappa shape index (κ2) is 8.65. The van der Waals surface area contributed by atoms with Gasteiger partial charge in [-0.1, -0.05) is 35.3 Å². The van der Waals surface area contributed by atoms with Crippen molar-refractivity contribution in [3.8, 4) is 0 Å². The van der Waals surface area contributed by atoms with Crippen molar-refractivity contribution in [2.75, 3.05) is 0 Å². The van der Waals surface area contributed by atoms with Gasteiger partial charge in [-0.2, -0.15) is 0 Å². The Bertz CT molecular complexity index is 1200. The number of carbonyl (C=O) groups is 2. The summed E-state index contributed by atoms with van der Waals surface area (Å²) in [6, 6.07) is 10.5. The molecular weight excluding hydrogens is 427 g/mol. The van der Waals surface area contributed by atoms with Crippen LogP contribution in [0.5, 0.6) is 0 Å². The van der Waals surface area contributed by atoms with Gasteiger partial charge in [-0.05, 0) is 49.2 Å². The number of aromatic carboxylic acids is 2. The van der Waals surface area contributed by atoms with E-state index >= 15 is 0 Å². The van der Waals surface area contributed by atoms with Gasteiger partial charge in [0.25, 0.3) is 0 Å². The molecule has 2 heterocycles. The highest BCUT2D eigenvalue weighted by Crippen LogP contribution is 2.26. The Balaban J connectivity index is 0.000000171. The lowest BCUT2D eigenvalue weighted by atomic mass is 10.1. The monoisotopic (exact) mass is 442 g/mol. The van der Waals surface area contributed by atoms with E-state index in [0.717, 1.165) is 21.9 Å². The Morgan fingerprint density at radius 2 is 1.10 bits per heavy atom. The molecule has 0 aliphatic rings. The Labute approximate surface area is 181 Å². The molecule has 30 heavy (non-hydrogen) atoms. The van der Waals surface area contributed by atoms with E-state index in [9.17, 15) is 9.59 Å². The molecule has 0 bridgehead atoms. The van der Waals surface area contributed by atoms with Gasteiger partial charge in [0.15, 0.2) is 0 Å². The van der Waals surface area contributed by atoms with Crippen LogP contribution in [0.3, 0.4) is 0 Å². The highest BCUT2D eigenvalue weighted by atomic mass is 35.5. The summed E-state index contributed by atoms with van der Waals surface area (Å²) in [5.41, 5.74) is 2.96. The summed E-state index contributed by atoms with van der Waals surface area (Å²) in [6.45, 7) is 3.81. The van der Waals surface area contributed by atoms with Gasteiger partial charge in [-0.15, -0.1) is 0 Å². The molecule has 2 aromatic heterocycles. The molecule has 8 heteroatoms. The number of nitrogens with zero attached hydrogens (tertiary/aromatic N) is 2. The minimum atomic E-state index is -1.05. The van der Waals surface area contributed by atoms with E-state index in [0.29, 0.717) is 11.0 Å². The first-order valence-electron chi connectivity index (χ1n) is 8.75. The predicted molar refractivity (Wildman–Crippen MR) is 117 cm³/mol. The molecule has 0 saturated carbocycles. The zero-order valence-electron chi connectivity index (χ0n) is 16.0. The van der Waals surface area contributed by atoms with E-state index in [1.165, 1.54) is 0 Å². The molecule has 2 aromatic carbocycles. The molecule has 0 unspecified atom stereocenters. The lowest BCUT2D eigenvalue weighted by Crippen LogP contribution is -2.00. The number of rotatable bonds is 2. The maximum atomic E-state index is 11.0. The average molecular weight is 443 g/mol. The van der Waals surface area contributed by atoms with Gasteiger partial charge in [0.1, 0.15) is 11.1 Å². The van der Waals surface area contributed by atoms with E-state index in [-0.39, 0.29) is 21.2 Å². The summed E-state index contributed by atoms with van der Waals surface area (Å²) < 4.78 is 0. The average Bonchev–Trinajstić information content (AvgIpc) is 2.68. The molecule has 0 aliphatic heterocycles. The second-order valence-electron chi connectivity index (χ2n) is 6.62. The minimum Gasteiger partial charge on any atom is -0.478 e. The van der Waals surface area contributed by atoms with Crippen LogP contribution in [0.2, 0.25) is 10.0 Å². The van der Waals surface area contributed by atoms with Gasteiger partial charge in [0, 0.05) is 23.2 Å². The normalized spacial score (nSPS) is 10.5. The van der Waals surface area contributed by atoms with Crippen LogP contribution in [0.4, 0.5) is 0 Å². The quantitative estimate of drug-likeness (QED) is 0.407. The zero-order valence-corrected chi connectivity index (χ0v) is 17.5. The molecule has 4 aromatic rings. The van der Waals surface area contributed by atoms with Crippen molar-refractivity contribution in [2.45, 2.75) is 13.8 Å². The highest BCUT2D eigenvalue weighted by molar-refractivity contribution is 6.35. The van der Waals surface area contributed by atoms with Crippen molar-refractivity contribution in [1.82, 2.24) is 9.97 Å². The van der Waals surface area contributed by atoms with Crippen LogP contribution >= 0.6 is 23.2 Å². The molecule has 4 rings (SSSR count). The van der Waals surface area contributed by atoms with E-state index in [1.54, 1.807) is 36.7 Å². The van der Waals surface area contributed by atoms with Crippen LogP contribution in [0, 0.1) is 13.8 Å². The van der Waals surface area contributed by atoms with Gasteiger partial charge in [0.2, 0.25) is 0 Å². The van der Waals surface area contributed by atoms with Crippen LogP contribution in [0.25, 0.3) is 21.8 Å². The summed E-state index contributed by atoms with van der Waals surface area (Å²) in [6.07, 6.45) is 3.26. The van der Waals surface area contributed by atoms with E-state index in [2.05, 4.69) is 9.97 Å². The van der Waals surface area contributed by atoms with Gasteiger partial charge < -0.3 is 10.2 Å². The zero-order chi connectivity index (χ0) is 22.0. The molecule has 0 atom stereocenters. The summed E-state index contributed by atoms with van der Waals surface area (Å²) >= 11 is 11.6. The molecule has 0 saturated heterocycles. The fraction of sp³-hybridized carbons (Fsp3) is 0.0909. The first-order chi connectivity index (χ1) is 14.2. The molecule has 0 amide bonds. The Morgan fingerprint density at radius 1 is 0.733 bits per heavy atom. The summed E-state index contributed by atoms with van der Waals surface area (Å²) in [5, 5.41) is 20.0. The van der Waals surface area contributed by atoms with Gasteiger partial charge in [-0.25, -0.2) is 9.59 Å². The number of fused-ring (bicyclic) bond motifs is 2. The Morgan fingerprint density at radius 3 is 1.43 bits per heavy atom. The van der Waals surface area contributed by atoms with Crippen LogP contribution in [0.1, 0.15) is 31.8 Å². The summed E-state index contributed by atoms with van der Waals surface area (Å²) in [7, 11) is 0. The van der Waals surface area contributed by atoms with Crippen LogP contribution in [-0.2, 0) is 0 Å². The Kier molecular flexibility index (Phi) is 6.20. The second-order valence-corrected chi connectivity index (χ2v) is 7.44. The maximum absolute atomic E-state index is 11.0. The standard InChI is InChI=1S/2C11H8ClNO2/c2*1-6-4-7-2-3-8(12)9(11(14)15)10(7)13-5-6/h2*2-5H,1H3,(H,14,15). The van der Waals surface area contributed by atoms with Crippen molar-refractivity contribution in [3.63, 3.8) is 0 Å².